The molecule has 0 saturated heterocycles. The molecule has 2 saturated carbocycles. The second kappa shape index (κ2) is 7.21. The van der Waals surface area contributed by atoms with Gasteiger partial charge in [-0.25, -0.2) is 13.8 Å². The number of allylic oxidation sites excluding steroid dienone is 1. The molecule has 2 aliphatic carbocycles. The van der Waals surface area contributed by atoms with Gasteiger partial charge in [-0.15, -0.1) is 0 Å². The smallest absolute Gasteiger partial charge is 0.228 e. The van der Waals surface area contributed by atoms with Gasteiger partial charge in [0.05, 0.1) is 0 Å². The second-order valence-corrected chi connectivity index (χ2v) is 8.14. The van der Waals surface area contributed by atoms with Crippen molar-refractivity contribution >= 4 is 16.8 Å². The maximum absolute atomic E-state index is 15.1. The lowest BCUT2D eigenvalue weighted by Gasteiger charge is -2.41. The standard InChI is InChI=1S/C19H28ClF2N/c1-2-13-3-5-14(6-4-13)15-7-9-16(10-8-15)19(22)12-11-17(20)23-18(19)21/h11-16,18H,2-10H2,1H3/t13-,14-,15-,16-,18?,19?. The third kappa shape index (κ3) is 3.65. The number of nitrogens with zero attached hydrogens (tertiary/aromatic N) is 1. The van der Waals surface area contributed by atoms with Crippen molar-refractivity contribution in [2.24, 2.45) is 28.7 Å². The summed E-state index contributed by atoms with van der Waals surface area (Å²) in [6.07, 6.45) is 11.2. The minimum absolute atomic E-state index is 0.0622. The van der Waals surface area contributed by atoms with Crippen molar-refractivity contribution in [2.45, 2.75) is 76.7 Å². The van der Waals surface area contributed by atoms with Crippen molar-refractivity contribution in [2.75, 3.05) is 0 Å². The first kappa shape index (κ1) is 17.4. The molecule has 2 fully saturated rings. The highest BCUT2D eigenvalue weighted by Gasteiger charge is 2.48. The van der Waals surface area contributed by atoms with Crippen LogP contribution in [-0.4, -0.2) is 17.1 Å². The van der Waals surface area contributed by atoms with Crippen LogP contribution in [0.1, 0.15) is 64.7 Å². The molecule has 23 heavy (non-hydrogen) atoms. The van der Waals surface area contributed by atoms with E-state index in [4.69, 9.17) is 11.6 Å². The summed E-state index contributed by atoms with van der Waals surface area (Å²) >= 11 is 5.68. The largest absolute Gasteiger partial charge is 0.234 e. The maximum atomic E-state index is 15.1. The molecule has 2 unspecified atom stereocenters. The summed E-state index contributed by atoms with van der Waals surface area (Å²) in [5.74, 6) is 2.18. The first-order chi connectivity index (χ1) is 11.0. The van der Waals surface area contributed by atoms with Crippen molar-refractivity contribution in [3.05, 3.63) is 12.2 Å². The average molecular weight is 344 g/mol. The molecule has 1 aliphatic heterocycles. The molecule has 130 valence electrons. The van der Waals surface area contributed by atoms with Crippen LogP contribution in [0.25, 0.3) is 0 Å². The topological polar surface area (TPSA) is 12.4 Å². The zero-order chi connectivity index (χ0) is 16.4. The number of hydrogen-bond donors (Lipinski definition) is 0. The Morgan fingerprint density at radius 1 is 1.09 bits per heavy atom. The molecule has 0 bridgehead atoms. The van der Waals surface area contributed by atoms with Crippen LogP contribution in [0.2, 0.25) is 0 Å². The summed E-state index contributed by atoms with van der Waals surface area (Å²) < 4.78 is 29.2. The van der Waals surface area contributed by atoms with Gasteiger partial charge in [0.1, 0.15) is 5.17 Å². The molecular weight excluding hydrogens is 316 g/mol. The van der Waals surface area contributed by atoms with Gasteiger partial charge in [0, 0.05) is 5.92 Å². The SMILES string of the molecule is CC[C@H]1CC[C@H]([C@H]2CC[C@H](C3(F)C=CC(Cl)=NC3F)CC2)CC1. The average Bonchev–Trinajstić information content (AvgIpc) is 2.59. The van der Waals surface area contributed by atoms with E-state index in [2.05, 4.69) is 11.9 Å². The van der Waals surface area contributed by atoms with Crippen LogP contribution < -0.4 is 0 Å². The molecule has 3 aliphatic rings. The second-order valence-electron chi connectivity index (χ2n) is 7.75. The third-order valence-corrected chi connectivity index (χ3v) is 6.83. The zero-order valence-electron chi connectivity index (χ0n) is 14.0. The zero-order valence-corrected chi connectivity index (χ0v) is 14.7. The summed E-state index contributed by atoms with van der Waals surface area (Å²) in [5.41, 5.74) is -1.96. The van der Waals surface area contributed by atoms with E-state index < -0.39 is 12.0 Å². The van der Waals surface area contributed by atoms with Crippen LogP contribution in [0.3, 0.4) is 0 Å². The summed E-state index contributed by atoms with van der Waals surface area (Å²) in [4.78, 5) is 3.59. The molecule has 4 heteroatoms. The molecule has 1 heterocycles. The van der Waals surface area contributed by atoms with Crippen LogP contribution in [0, 0.1) is 23.7 Å². The van der Waals surface area contributed by atoms with Crippen molar-refractivity contribution in [3.8, 4) is 0 Å². The molecule has 0 radical (unpaired) electrons. The van der Waals surface area contributed by atoms with Crippen molar-refractivity contribution in [3.63, 3.8) is 0 Å². The summed E-state index contributed by atoms with van der Waals surface area (Å²) in [6, 6.07) is 0. The lowest BCUT2D eigenvalue weighted by molar-refractivity contribution is 0.00813. The highest BCUT2D eigenvalue weighted by atomic mass is 35.5. The Morgan fingerprint density at radius 3 is 2.17 bits per heavy atom. The van der Waals surface area contributed by atoms with Crippen molar-refractivity contribution in [1.82, 2.24) is 0 Å². The molecule has 0 N–H and O–H groups in total. The molecule has 1 nitrogen and oxygen atoms in total. The monoisotopic (exact) mass is 343 g/mol. The van der Waals surface area contributed by atoms with E-state index in [9.17, 15) is 4.39 Å². The highest BCUT2D eigenvalue weighted by molar-refractivity contribution is 6.68. The maximum Gasteiger partial charge on any atom is 0.228 e. The Hall–Kier alpha value is -0.440. The predicted molar refractivity (Wildman–Crippen MR) is 92.4 cm³/mol. The predicted octanol–water partition coefficient (Wildman–Crippen LogP) is 6.22. The molecule has 0 aromatic rings. The van der Waals surface area contributed by atoms with Gasteiger partial charge in [0.2, 0.25) is 6.30 Å². The van der Waals surface area contributed by atoms with E-state index in [0.29, 0.717) is 5.92 Å². The van der Waals surface area contributed by atoms with Gasteiger partial charge < -0.3 is 0 Å². The fourth-order valence-corrected chi connectivity index (χ4v) is 5.11. The lowest BCUT2D eigenvalue weighted by Crippen LogP contribution is -2.44. The minimum Gasteiger partial charge on any atom is -0.234 e. The Balaban J connectivity index is 1.54. The molecular formula is C19H28ClF2N. The van der Waals surface area contributed by atoms with E-state index in [-0.39, 0.29) is 11.1 Å². The number of rotatable bonds is 3. The molecule has 0 aromatic heterocycles. The first-order valence-corrected chi connectivity index (χ1v) is 9.66. The number of dihydropyridines is 1. The number of aliphatic imine (C=N–C) groups is 1. The van der Waals surface area contributed by atoms with E-state index in [1.54, 1.807) is 0 Å². The molecule has 2 atom stereocenters. The summed E-state index contributed by atoms with van der Waals surface area (Å²) in [7, 11) is 0. The summed E-state index contributed by atoms with van der Waals surface area (Å²) in [6.45, 7) is 2.29. The number of halogens is 3. The van der Waals surface area contributed by atoms with Gasteiger partial charge >= 0.3 is 0 Å². The van der Waals surface area contributed by atoms with Gasteiger partial charge in [-0.05, 0) is 68.4 Å². The number of hydrogen-bond acceptors (Lipinski definition) is 1. The quantitative estimate of drug-likeness (QED) is 0.539. The normalized spacial score (nSPS) is 44.9. The Kier molecular flexibility index (Phi) is 5.45. The van der Waals surface area contributed by atoms with Crippen LogP contribution >= 0.6 is 11.6 Å². The van der Waals surface area contributed by atoms with Gasteiger partial charge in [-0.1, -0.05) is 37.8 Å². The van der Waals surface area contributed by atoms with E-state index in [1.807, 2.05) is 0 Å². The van der Waals surface area contributed by atoms with Crippen molar-refractivity contribution in [1.29, 1.82) is 0 Å². The number of alkyl halides is 2. The Morgan fingerprint density at radius 2 is 1.65 bits per heavy atom. The third-order valence-electron chi connectivity index (χ3n) is 6.61. The van der Waals surface area contributed by atoms with E-state index in [1.165, 1.54) is 44.3 Å². The van der Waals surface area contributed by atoms with E-state index in [0.717, 1.165) is 37.5 Å². The fourth-order valence-electron chi connectivity index (χ4n) is 4.96. The minimum atomic E-state index is -1.96. The van der Waals surface area contributed by atoms with Gasteiger partial charge in [-0.3, -0.25) is 0 Å². The van der Waals surface area contributed by atoms with Gasteiger partial charge in [0.25, 0.3) is 0 Å². The summed E-state index contributed by atoms with van der Waals surface area (Å²) in [5, 5.41) is 0.0622. The lowest BCUT2D eigenvalue weighted by atomic mass is 9.66. The fraction of sp³-hybridized carbons (Fsp3) is 0.842. The Bertz CT molecular complexity index is 462. The van der Waals surface area contributed by atoms with E-state index >= 15 is 4.39 Å². The van der Waals surface area contributed by atoms with Crippen LogP contribution in [0.5, 0.6) is 0 Å². The van der Waals surface area contributed by atoms with Gasteiger partial charge in [0.15, 0.2) is 5.67 Å². The van der Waals surface area contributed by atoms with Crippen LogP contribution in [-0.2, 0) is 0 Å². The van der Waals surface area contributed by atoms with Crippen LogP contribution in [0.4, 0.5) is 8.78 Å². The molecule has 3 rings (SSSR count). The molecule has 0 aromatic carbocycles. The molecule has 0 amide bonds. The molecule has 0 spiro atoms. The Labute approximate surface area is 143 Å². The highest BCUT2D eigenvalue weighted by Crippen LogP contribution is 2.47. The van der Waals surface area contributed by atoms with Crippen LogP contribution in [0.15, 0.2) is 17.1 Å². The van der Waals surface area contributed by atoms with Gasteiger partial charge in [-0.2, -0.15) is 0 Å². The first-order valence-electron chi connectivity index (χ1n) is 9.28. The van der Waals surface area contributed by atoms with Crippen molar-refractivity contribution < 1.29 is 8.78 Å².